The van der Waals surface area contributed by atoms with Crippen molar-refractivity contribution in [3.05, 3.63) is 15.8 Å². The molecule has 1 aromatic rings. The summed E-state index contributed by atoms with van der Waals surface area (Å²) in [6.45, 7) is 4.93. The standard InChI is InChI=1S/C12H18N6O3/c1-3-14-12-15-7(2)9(18(20)21)11(16-12)17-5-4-8(6-17)10(13)19/h8H,3-6H2,1-2H3,(H2,13,19)(H,14,15,16). The molecule has 3 N–H and O–H groups in total. The van der Waals surface area contributed by atoms with Crippen molar-refractivity contribution in [1.82, 2.24) is 9.97 Å². The normalized spacial score (nSPS) is 17.8. The third kappa shape index (κ3) is 3.01. The van der Waals surface area contributed by atoms with Gasteiger partial charge in [0, 0.05) is 19.6 Å². The molecule has 9 nitrogen and oxygen atoms in total. The van der Waals surface area contributed by atoms with Gasteiger partial charge in [0.05, 0.1) is 10.8 Å². The fourth-order valence-electron chi connectivity index (χ4n) is 2.41. The smallest absolute Gasteiger partial charge is 0.332 e. The Hall–Kier alpha value is -2.45. The summed E-state index contributed by atoms with van der Waals surface area (Å²) in [5, 5.41) is 14.2. The van der Waals surface area contributed by atoms with Crippen molar-refractivity contribution in [2.75, 3.05) is 29.9 Å². The van der Waals surface area contributed by atoms with Crippen LogP contribution in [-0.4, -0.2) is 40.4 Å². The molecule has 1 amide bonds. The highest BCUT2D eigenvalue weighted by Gasteiger charge is 2.33. The van der Waals surface area contributed by atoms with E-state index in [4.69, 9.17) is 5.73 Å². The minimum Gasteiger partial charge on any atom is -0.369 e. The SMILES string of the molecule is CCNc1nc(C)c([N+](=O)[O-])c(N2CCC(C(N)=O)C2)n1. The molecular weight excluding hydrogens is 276 g/mol. The van der Waals surface area contributed by atoms with Crippen LogP contribution in [0.5, 0.6) is 0 Å². The molecule has 1 aliphatic heterocycles. The van der Waals surface area contributed by atoms with Crippen LogP contribution in [0, 0.1) is 23.0 Å². The summed E-state index contributed by atoms with van der Waals surface area (Å²) in [7, 11) is 0. The van der Waals surface area contributed by atoms with Gasteiger partial charge in [0.25, 0.3) is 0 Å². The summed E-state index contributed by atoms with van der Waals surface area (Å²) in [5.41, 5.74) is 5.47. The number of aryl methyl sites for hydroxylation is 1. The lowest BCUT2D eigenvalue weighted by molar-refractivity contribution is -0.385. The summed E-state index contributed by atoms with van der Waals surface area (Å²) in [6, 6.07) is 0. The maximum absolute atomic E-state index is 11.3. The Morgan fingerprint density at radius 3 is 2.81 bits per heavy atom. The molecule has 21 heavy (non-hydrogen) atoms. The summed E-state index contributed by atoms with van der Waals surface area (Å²) >= 11 is 0. The van der Waals surface area contributed by atoms with Crippen molar-refractivity contribution in [2.45, 2.75) is 20.3 Å². The van der Waals surface area contributed by atoms with Crippen LogP contribution in [0.3, 0.4) is 0 Å². The molecule has 1 saturated heterocycles. The quantitative estimate of drug-likeness (QED) is 0.595. The highest BCUT2D eigenvalue weighted by Crippen LogP contribution is 2.33. The van der Waals surface area contributed by atoms with Crippen molar-refractivity contribution in [1.29, 1.82) is 0 Å². The van der Waals surface area contributed by atoms with Crippen LogP contribution in [-0.2, 0) is 4.79 Å². The van der Waals surface area contributed by atoms with E-state index in [2.05, 4.69) is 15.3 Å². The van der Waals surface area contributed by atoms with Crippen molar-refractivity contribution in [3.8, 4) is 0 Å². The van der Waals surface area contributed by atoms with Crippen LogP contribution in [0.2, 0.25) is 0 Å². The highest BCUT2D eigenvalue weighted by molar-refractivity contribution is 5.78. The van der Waals surface area contributed by atoms with E-state index in [1.807, 2.05) is 6.92 Å². The fourth-order valence-corrected chi connectivity index (χ4v) is 2.41. The van der Waals surface area contributed by atoms with Gasteiger partial charge in [-0.05, 0) is 20.3 Å². The average Bonchev–Trinajstić information content (AvgIpc) is 2.87. The van der Waals surface area contributed by atoms with Crippen molar-refractivity contribution >= 4 is 23.4 Å². The van der Waals surface area contributed by atoms with Crippen LogP contribution < -0.4 is 16.0 Å². The maximum Gasteiger partial charge on any atom is 0.332 e. The molecule has 1 atom stereocenters. The topological polar surface area (TPSA) is 127 Å². The molecule has 1 aliphatic rings. The number of anilines is 2. The molecule has 0 bridgehead atoms. The predicted octanol–water partition coefficient (Wildman–Crippen LogP) is 0.437. The zero-order valence-corrected chi connectivity index (χ0v) is 12.0. The molecule has 2 heterocycles. The van der Waals surface area contributed by atoms with E-state index in [-0.39, 0.29) is 17.4 Å². The molecule has 0 saturated carbocycles. The number of carbonyl (C=O) groups excluding carboxylic acids is 1. The lowest BCUT2D eigenvalue weighted by Gasteiger charge is -2.18. The molecule has 1 unspecified atom stereocenters. The molecular formula is C12H18N6O3. The Kier molecular flexibility index (Phi) is 4.20. The van der Waals surface area contributed by atoms with Crippen LogP contribution >= 0.6 is 0 Å². The number of aromatic nitrogens is 2. The van der Waals surface area contributed by atoms with Crippen molar-refractivity contribution in [2.24, 2.45) is 11.7 Å². The summed E-state index contributed by atoms with van der Waals surface area (Å²) in [4.78, 5) is 32.1. The predicted molar refractivity (Wildman–Crippen MR) is 77.1 cm³/mol. The van der Waals surface area contributed by atoms with E-state index in [1.54, 1.807) is 11.8 Å². The van der Waals surface area contributed by atoms with Gasteiger partial charge < -0.3 is 16.0 Å². The number of hydrogen-bond acceptors (Lipinski definition) is 7. The van der Waals surface area contributed by atoms with E-state index in [0.717, 1.165) is 0 Å². The van der Waals surface area contributed by atoms with Gasteiger partial charge >= 0.3 is 5.69 Å². The Morgan fingerprint density at radius 2 is 2.29 bits per heavy atom. The van der Waals surface area contributed by atoms with Gasteiger partial charge in [0.2, 0.25) is 17.7 Å². The number of rotatable bonds is 5. The zero-order chi connectivity index (χ0) is 15.6. The molecule has 2 rings (SSSR count). The molecule has 0 spiro atoms. The van der Waals surface area contributed by atoms with Gasteiger partial charge in [-0.15, -0.1) is 0 Å². The minimum atomic E-state index is -0.488. The van der Waals surface area contributed by atoms with Gasteiger partial charge in [-0.2, -0.15) is 4.98 Å². The summed E-state index contributed by atoms with van der Waals surface area (Å²) in [6.07, 6.45) is 0.575. The largest absolute Gasteiger partial charge is 0.369 e. The Labute approximate surface area is 121 Å². The number of nitro groups is 1. The molecule has 9 heteroatoms. The number of carbonyl (C=O) groups is 1. The van der Waals surface area contributed by atoms with Gasteiger partial charge in [-0.1, -0.05) is 0 Å². The Balaban J connectivity index is 2.40. The molecule has 114 valence electrons. The lowest BCUT2D eigenvalue weighted by Crippen LogP contribution is -2.28. The molecule has 1 aromatic heterocycles. The van der Waals surface area contributed by atoms with E-state index in [0.29, 0.717) is 37.7 Å². The van der Waals surface area contributed by atoms with E-state index in [1.165, 1.54) is 0 Å². The first-order valence-electron chi connectivity index (χ1n) is 6.75. The second-order valence-electron chi connectivity index (χ2n) is 4.93. The zero-order valence-electron chi connectivity index (χ0n) is 12.0. The van der Waals surface area contributed by atoms with E-state index < -0.39 is 10.8 Å². The summed E-state index contributed by atoms with van der Waals surface area (Å²) < 4.78 is 0. The number of primary amides is 1. The number of nitrogens with one attached hydrogen (secondary N) is 1. The monoisotopic (exact) mass is 294 g/mol. The second kappa shape index (κ2) is 5.90. The molecule has 0 aromatic carbocycles. The molecule has 1 fully saturated rings. The van der Waals surface area contributed by atoms with Gasteiger partial charge in [0.15, 0.2) is 0 Å². The number of amides is 1. The Morgan fingerprint density at radius 1 is 1.57 bits per heavy atom. The fraction of sp³-hybridized carbons (Fsp3) is 0.583. The van der Waals surface area contributed by atoms with Crippen LogP contribution in [0.25, 0.3) is 0 Å². The highest BCUT2D eigenvalue weighted by atomic mass is 16.6. The lowest BCUT2D eigenvalue weighted by atomic mass is 10.1. The maximum atomic E-state index is 11.3. The first-order valence-corrected chi connectivity index (χ1v) is 6.75. The van der Waals surface area contributed by atoms with Crippen LogP contribution in [0.1, 0.15) is 19.0 Å². The van der Waals surface area contributed by atoms with Gasteiger partial charge in [-0.25, -0.2) is 4.98 Å². The minimum absolute atomic E-state index is 0.123. The molecule has 0 aliphatic carbocycles. The Bertz CT molecular complexity index is 576. The van der Waals surface area contributed by atoms with Crippen LogP contribution in [0.4, 0.5) is 17.5 Å². The van der Waals surface area contributed by atoms with Gasteiger partial charge in [-0.3, -0.25) is 14.9 Å². The number of hydrogen-bond donors (Lipinski definition) is 2. The van der Waals surface area contributed by atoms with Crippen molar-refractivity contribution < 1.29 is 9.72 Å². The van der Waals surface area contributed by atoms with E-state index in [9.17, 15) is 14.9 Å². The second-order valence-corrected chi connectivity index (χ2v) is 4.93. The molecule has 0 radical (unpaired) electrons. The number of nitrogens with zero attached hydrogens (tertiary/aromatic N) is 4. The van der Waals surface area contributed by atoms with E-state index >= 15 is 0 Å². The first-order chi connectivity index (χ1) is 9.93. The third-order valence-corrected chi connectivity index (χ3v) is 3.45. The summed E-state index contributed by atoms with van der Waals surface area (Å²) in [5.74, 6) is -0.106. The third-order valence-electron chi connectivity index (χ3n) is 3.45. The van der Waals surface area contributed by atoms with Crippen molar-refractivity contribution in [3.63, 3.8) is 0 Å². The first kappa shape index (κ1) is 14.9. The van der Waals surface area contributed by atoms with Crippen LogP contribution in [0.15, 0.2) is 0 Å². The number of nitrogens with two attached hydrogens (primary N) is 1. The average molecular weight is 294 g/mol. The van der Waals surface area contributed by atoms with Gasteiger partial charge in [0.1, 0.15) is 5.69 Å².